The Bertz CT molecular complexity index is 637. The predicted molar refractivity (Wildman–Crippen MR) is 98.3 cm³/mol. The molecule has 0 heterocycles. The molecule has 0 radical (unpaired) electrons. The number of amides is 2. The van der Waals surface area contributed by atoms with Crippen molar-refractivity contribution in [3.63, 3.8) is 0 Å². The highest BCUT2D eigenvalue weighted by Crippen LogP contribution is 2.33. The first kappa shape index (κ1) is 19.2. The summed E-state index contributed by atoms with van der Waals surface area (Å²) in [5, 5.41) is 5.52. The minimum Gasteiger partial charge on any atom is -0.345 e. The van der Waals surface area contributed by atoms with E-state index in [4.69, 9.17) is 0 Å². The Hall–Kier alpha value is -2.17. The van der Waals surface area contributed by atoms with Crippen LogP contribution in [0.5, 0.6) is 0 Å². The largest absolute Gasteiger partial charge is 0.345 e. The highest BCUT2D eigenvalue weighted by molar-refractivity contribution is 6.39. The van der Waals surface area contributed by atoms with Crippen LogP contribution in [-0.4, -0.2) is 23.6 Å². The van der Waals surface area contributed by atoms with E-state index in [1.807, 2.05) is 0 Å². The van der Waals surface area contributed by atoms with E-state index in [9.17, 15) is 14.4 Å². The number of benzene rings is 1. The summed E-state index contributed by atoms with van der Waals surface area (Å²) in [6.45, 7) is 8.00. The van der Waals surface area contributed by atoms with Crippen molar-refractivity contribution in [3.05, 3.63) is 29.8 Å². The lowest BCUT2D eigenvalue weighted by atomic mass is 9.74. The smallest absolute Gasteiger partial charge is 0.313 e. The van der Waals surface area contributed by atoms with Crippen molar-refractivity contribution >= 4 is 23.3 Å². The fraction of sp³-hybridized carbons (Fsp3) is 0.550. The molecule has 2 amide bonds. The standard InChI is InChI=1S/C20H28N2O3/c1-12(2)17-10-5-13(3)11-18(17)22-20(25)19(24)21-16-8-6-15(7-9-16)14(4)23/h6-9,12-13,17-18H,5,10-11H2,1-4H3,(H,21,24)(H,22,25). The molecule has 5 heteroatoms. The molecule has 2 rings (SSSR count). The van der Waals surface area contributed by atoms with Crippen LogP contribution in [0, 0.1) is 17.8 Å². The third kappa shape index (κ3) is 5.15. The van der Waals surface area contributed by atoms with Gasteiger partial charge in [-0.05, 0) is 61.8 Å². The van der Waals surface area contributed by atoms with Gasteiger partial charge in [-0.25, -0.2) is 0 Å². The van der Waals surface area contributed by atoms with Gasteiger partial charge in [0.25, 0.3) is 0 Å². The zero-order chi connectivity index (χ0) is 18.6. The van der Waals surface area contributed by atoms with Crippen LogP contribution in [-0.2, 0) is 9.59 Å². The first-order valence-corrected chi connectivity index (χ1v) is 9.00. The quantitative estimate of drug-likeness (QED) is 0.649. The monoisotopic (exact) mass is 344 g/mol. The van der Waals surface area contributed by atoms with Gasteiger partial charge in [0.15, 0.2) is 5.78 Å². The molecule has 136 valence electrons. The second-order valence-corrected chi connectivity index (χ2v) is 7.49. The van der Waals surface area contributed by atoms with Gasteiger partial charge in [-0.2, -0.15) is 0 Å². The van der Waals surface area contributed by atoms with E-state index in [0.29, 0.717) is 29.0 Å². The van der Waals surface area contributed by atoms with Gasteiger partial charge in [-0.3, -0.25) is 14.4 Å². The Labute approximate surface area is 149 Å². The zero-order valence-corrected chi connectivity index (χ0v) is 15.5. The molecule has 1 aliphatic rings. The molecule has 1 fully saturated rings. The minimum absolute atomic E-state index is 0.0400. The lowest BCUT2D eigenvalue weighted by molar-refractivity contribution is -0.137. The maximum atomic E-state index is 12.3. The predicted octanol–water partition coefficient (Wildman–Crippen LogP) is 3.40. The maximum absolute atomic E-state index is 12.3. The van der Waals surface area contributed by atoms with E-state index in [0.717, 1.165) is 12.8 Å². The zero-order valence-electron chi connectivity index (χ0n) is 15.5. The number of ketones is 1. The normalized spacial score (nSPS) is 23.2. The molecule has 1 aliphatic carbocycles. The van der Waals surface area contributed by atoms with Gasteiger partial charge < -0.3 is 10.6 Å². The molecule has 1 aromatic carbocycles. The van der Waals surface area contributed by atoms with Gasteiger partial charge in [0, 0.05) is 17.3 Å². The fourth-order valence-electron chi connectivity index (χ4n) is 3.58. The molecule has 3 unspecified atom stereocenters. The first-order valence-electron chi connectivity index (χ1n) is 9.00. The average molecular weight is 344 g/mol. The highest BCUT2D eigenvalue weighted by Gasteiger charge is 2.32. The highest BCUT2D eigenvalue weighted by atomic mass is 16.2. The molecule has 0 spiro atoms. The fourth-order valence-corrected chi connectivity index (χ4v) is 3.58. The number of carbonyl (C=O) groups is 3. The second-order valence-electron chi connectivity index (χ2n) is 7.49. The number of hydrogen-bond acceptors (Lipinski definition) is 3. The molecule has 5 nitrogen and oxygen atoms in total. The average Bonchev–Trinajstić information content (AvgIpc) is 2.55. The Morgan fingerprint density at radius 1 is 1.04 bits per heavy atom. The lowest BCUT2D eigenvalue weighted by Gasteiger charge is -2.37. The topological polar surface area (TPSA) is 75.3 Å². The number of rotatable bonds is 4. The van der Waals surface area contributed by atoms with Crippen molar-refractivity contribution in [1.29, 1.82) is 0 Å². The molecule has 2 N–H and O–H groups in total. The summed E-state index contributed by atoms with van der Waals surface area (Å²) in [7, 11) is 0. The number of Topliss-reactive ketones (excluding diaryl/α,β-unsaturated/α-hetero) is 1. The number of anilines is 1. The van der Waals surface area contributed by atoms with Crippen LogP contribution in [0.15, 0.2) is 24.3 Å². The summed E-state index contributed by atoms with van der Waals surface area (Å²) >= 11 is 0. The van der Waals surface area contributed by atoms with Gasteiger partial charge in [0.1, 0.15) is 0 Å². The van der Waals surface area contributed by atoms with Crippen molar-refractivity contribution in [1.82, 2.24) is 5.32 Å². The van der Waals surface area contributed by atoms with Crippen LogP contribution in [0.3, 0.4) is 0 Å². The summed E-state index contributed by atoms with van der Waals surface area (Å²) in [5.41, 5.74) is 1.07. The summed E-state index contributed by atoms with van der Waals surface area (Å²) in [6, 6.07) is 6.56. The Kier molecular flexibility index (Phi) is 6.34. The molecular weight excluding hydrogens is 316 g/mol. The number of hydrogen-bond donors (Lipinski definition) is 2. The van der Waals surface area contributed by atoms with E-state index >= 15 is 0 Å². The Balaban J connectivity index is 1.96. The van der Waals surface area contributed by atoms with E-state index in [-0.39, 0.29) is 11.8 Å². The second kappa shape index (κ2) is 8.28. The molecule has 0 bridgehead atoms. The third-order valence-corrected chi connectivity index (χ3v) is 5.09. The third-order valence-electron chi connectivity index (χ3n) is 5.09. The van der Waals surface area contributed by atoms with Gasteiger partial charge >= 0.3 is 11.8 Å². The van der Waals surface area contributed by atoms with Crippen LogP contribution in [0.1, 0.15) is 57.3 Å². The lowest BCUT2D eigenvalue weighted by Crippen LogP contribution is -2.49. The molecule has 0 aromatic heterocycles. The van der Waals surface area contributed by atoms with Crippen molar-refractivity contribution in [2.24, 2.45) is 17.8 Å². The van der Waals surface area contributed by atoms with E-state index in [2.05, 4.69) is 31.4 Å². The molecule has 1 saturated carbocycles. The van der Waals surface area contributed by atoms with Gasteiger partial charge in [0.05, 0.1) is 0 Å². The molecule has 0 aliphatic heterocycles. The van der Waals surface area contributed by atoms with E-state index in [1.165, 1.54) is 13.3 Å². The van der Waals surface area contributed by atoms with Gasteiger partial charge in [-0.1, -0.05) is 27.2 Å². The SMILES string of the molecule is CC(=O)c1ccc(NC(=O)C(=O)NC2CC(C)CCC2C(C)C)cc1. The summed E-state index contributed by atoms with van der Waals surface area (Å²) < 4.78 is 0. The Morgan fingerprint density at radius 3 is 2.24 bits per heavy atom. The Morgan fingerprint density at radius 2 is 1.68 bits per heavy atom. The maximum Gasteiger partial charge on any atom is 0.313 e. The van der Waals surface area contributed by atoms with Crippen molar-refractivity contribution in [2.45, 2.75) is 53.0 Å². The molecule has 1 aromatic rings. The van der Waals surface area contributed by atoms with Crippen molar-refractivity contribution in [2.75, 3.05) is 5.32 Å². The summed E-state index contributed by atoms with van der Waals surface area (Å²) in [4.78, 5) is 35.7. The molecular formula is C20H28N2O3. The summed E-state index contributed by atoms with van der Waals surface area (Å²) in [5.74, 6) is 0.128. The summed E-state index contributed by atoms with van der Waals surface area (Å²) in [6.07, 6.45) is 3.16. The molecule has 0 saturated heterocycles. The molecule has 3 atom stereocenters. The van der Waals surface area contributed by atoms with Crippen LogP contribution >= 0.6 is 0 Å². The minimum atomic E-state index is -0.670. The first-order chi connectivity index (χ1) is 11.8. The van der Waals surface area contributed by atoms with Crippen molar-refractivity contribution in [3.8, 4) is 0 Å². The van der Waals surface area contributed by atoms with Crippen LogP contribution in [0.25, 0.3) is 0 Å². The van der Waals surface area contributed by atoms with Gasteiger partial charge in [-0.15, -0.1) is 0 Å². The van der Waals surface area contributed by atoms with Crippen LogP contribution in [0.2, 0.25) is 0 Å². The van der Waals surface area contributed by atoms with Crippen LogP contribution < -0.4 is 10.6 Å². The van der Waals surface area contributed by atoms with E-state index in [1.54, 1.807) is 24.3 Å². The van der Waals surface area contributed by atoms with Crippen LogP contribution in [0.4, 0.5) is 5.69 Å². The molecule has 25 heavy (non-hydrogen) atoms. The van der Waals surface area contributed by atoms with Gasteiger partial charge in [0.2, 0.25) is 0 Å². The number of nitrogens with one attached hydrogen (secondary N) is 2. The van der Waals surface area contributed by atoms with Crippen molar-refractivity contribution < 1.29 is 14.4 Å². The van der Waals surface area contributed by atoms with E-state index < -0.39 is 11.8 Å². The number of carbonyl (C=O) groups excluding carboxylic acids is 3.